The molecule has 2 aliphatic rings. The van der Waals surface area contributed by atoms with Gasteiger partial charge in [-0.2, -0.15) is 0 Å². The molecule has 2 aliphatic heterocycles. The Hall–Kier alpha value is -1.84. The number of anilines is 1. The summed E-state index contributed by atoms with van der Waals surface area (Å²) in [6.07, 6.45) is 0.670. The lowest BCUT2D eigenvalue weighted by molar-refractivity contribution is -0.147. The van der Waals surface area contributed by atoms with Gasteiger partial charge in [-0.15, -0.1) is 0 Å². The average Bonchev–Trinajstić information content (AvgIpc) is 2.90. The van der Waals surface area contributed by atoms with E-state index in [1.54, 1.807) is 32.3 Å². The van der Waals surface area contributed by atoms with Crippen LogP contribution in [0.1, 0.15) is 24.3 Å². The Morgan fingerprint density at radius 2 is 2.12 bits per heavy atom. The third-order valence-corrected chi connectivity index (χ3v) is 5.31. The number of carbonyl (C=O) groups is 1. The fraction of sp³-hybridized carbons (Fsp3) is 0.588. The van der Waals surface area contributed by atoms with Crippen LogP contribution in [-0.4, -0.2) is 69.6 Å². The van der Waals surface area contributed by atoms with Crippen molar-refractivity contribution in [3.63, 3.8) is 0 Å². The van der Waals surface area contributed by atoms with Gasteiger partial charge in [-0.3, -0.25) is 9.52 Å². The number of nitrogens with zero attached hydrogens (tertiary/aromatic N) is 1. The number of carbonyl (C=O) groups excluding carboxylic acids is 1. The molecule has 1 amide bonds. The Kier molecular flexibility index (Phi) is 5.14. The molecule has 0 bridgehead atoms. The van der Waals surface area contributed by atoms with Crippen molar-refractivity contribution in [3.05, 3.63) is 23.8 Å². The summed E-state index contributed by atoms with van der Waals surface area (Å²) in [5.41, 5.74) is 1.33. The highest BCUT2D eigenvalue weighted by Crippen LogP contribution is 2.47. The Balaban J connectivity index is 1.85. The second kappa shape index (κ2) is 7.05. The first-order chi connectivity index (χ1) is 12.2. The molecular formula is C17H24N2O6S. The van der Waals surface area contributed by atoms with Crippen LogP contribution >= 0.6 is 0 Å². The number of fused-ring (bicyclic) bond motifs is 3. The number of benzene rings is 1. The van der Waals surface area contributed by atoms with E-state index in [0.29, 0.717) is 17.9 Å². The van der Waals surface area contributed by atoms with E-state index in [4.69, 9.17) is 9.47 Å². The third kappa shape index (κ3) is 3.94. The molecule has 2 N–H and O–H groups in total. The second-order valence-corrected chi connectivity index (χ2v) is 8.77. The van der Waals surface area contributed by atoms with Crippen molar-refractivity contribution < 1.29 is 27.8 Å². The van der Waals surface area contributed by atoms with Gasteiger partial charge in [0.1, 0.15) is 18.0 Å². The van der Waals surface area contributed by atoms with Crippen LogP contribution in [0.2, 0.25) is 0 Å². The van der Waals surface area contributed by atoms with Crippen molar-refractivity contribution in [1.29, 1.82) is 0 Å². The molecule has 0 aliphatic carbocycles. The highest BCUT2D eigenvalue weighted by atomic mass is 32.2. The van der Waals surface area contributed by atoms with Gasteiger partial charge >= 0.3 is 0 Å². The highest BCUT2D eigenvalue weighted by Gasteiger charge is 2.46. The number of ether oxygens (including phenoxy) is 2. The molecule has 4 atom stereocenters. The molecule has 9 heteroatoms. The van der Waals surface area contributed by atoms with E-state index in [0.717, 1.165) is 11.8 Å². The molecule has 8 nitrogen and oxygen atoms in total. The third-order valence-electron chi connectivity index (χ3n) is 4.70. The molecule has 3 rings (SSSR count). The standard InChI is InChI=1S/C17H24N2O6S/c1-19(2)16(21)8-11-7-13-12-6-10(18-26(3,22)23)4-5-14(12)25-17(13)15(9-20)24-11/h4-6,11,13,15,17-18,20H,7-9H2,1-3H3/t11-,13-,15-,17+/m1/s1. The molecule has 0 spiro atoms. The minimum Gasteiger partial charge on any atom is -0.487 e. The lowest BCUT2D eigenvalue weighted by atomic mass is 9.84. The number of aliphatic hydroxyl groups excluding tert-OH is 1. The molecule has 0 unspecified atom stereocenters. The summed E-state index contributed by atoms with van der Waals surface area (Å²) in [4.78, 5) is 13.5. The zero-order chi connectivity index (χ0) is 19.1. The predicted molar refractivity (Wildman–Crippen MR) is 95.7 cm³/mol. The smallest absolute Gasteiger partial charge is 0.229 e. The first-order valence-corrected chi connectivity index (χ1v) is 10.3. The molecule has 2 heterocycles. The summed E-state index contributed by atoms with van der Waals surface area (Å²) in [6, 6.07) is 5.11. The first kappa shape index (κ1) is 18.9. The molecule has 26 heavy (non-hydrogen) atoms. The Bertz CT molecular complexity index is 794. The Morgan fingerprint density at radius 3 is 2.73 bits per heavy atom. The van der Waals surface area contributed by atoms with Crippen LogP contribution in [-0.2, 0) is 19.6 Å². The van der Waals surface area contributed by atoms with Crippen LogP contribution in [0.5, 0.6) is 5.75 Å². The quantitative estimate of drug-likeness (QED) is 0.767. The van der Waals surface area contributed by atoms with E-state index in [1.807, 2.05) is 0 Å². The molecule has 144 valence electrons. The number of amides is 1. The topological polar surface area (TPSA) is 105 Å². The zero-order valence-corrected chi connectivity index (χ0v) is 15.8. The minimum absolute atomic E-state index is 0.0447. The van der Waals surface area contributed by atoms with Gasteiger partial charge in [-0.05, 0) is 24.6 Å². The van der Waals surface area contributed by atoms with Crippen LogP contribution < -0.4 is 9.46 Å². The summed E-state index contributed by atoms with van der Waals surface area (Å²) in [5.74, 6) is 0.537. The summed E-state index contributed by atoms with van der Waals surface area (Å²) in [5, 5.41) is 9.69. The van der Waals surface area contributed by atoms with E-state index in [-0.39, 0.29) is 37.1 Å². The molecule has 1 aromatic carbocycles. The van der Waals surface area contributed by atoms with Crippen LogP contribution in [0, 0.1) is 0 Å². The fourth-order valence-electron chi connectivity index (χ4n) is 3.54. The van der Waals surface area contributed by atoms with E-state index in [1.165, 1.54) is 4.90 Å². The van der Waals surface area contributed by atoms with Crippen LogP contribution in [0.4, 0.5) is 5.69 Å². The van der Waals surface area contributed by atoms with Gasteiger partial charge in [0.15, 0.2) is 0 Å². The van der Waals surface area contributed by atoms with Crippen LogP contribution in [0.25, 0.3) is 0 Å². The molecule has 0 aromatic heterocycles. The maximum Gasteiger partial charge on any atom is 0.229 e. The van der Waals surface area contributed by atoms with Gasteiger partial charge < -0.3 is 19.5 Å². The Morgan fingerprint density at radius 1 is 1.38 bits per heavy atom. The zero-order valence-electron chi connectivity index (χ0n) is 15.0. The van der Waals surface area contributed by atoms with Gasteiger partial charge in [0, 0.05) is 31.3 Å². The maximum absolute atomic E-state index is 12.0. The number of hydrogen-bond donors (Lipinski definition) is 2. The predicted octanol–water partition coefficient (Wildman–Crippen LogP) is 0.531. The normalized spacial score (nSPS) is 27.2. The van der Waals surface area contributed by atoms with Gasteiger partial charge in [0.05, 0.1) is 25.4 Å². The number of rotatable bonds is 5. The van der Waals surface area contributed by atoms with E-state index in [2.05, 4.69) is 4.72 Å². The minimum atomic E-state index is -3.38. The molecule has 1 fully saturated rings. The lowest BCUT2D eigenvalue weighted by Crippen LogP contribution is -2.47. The first-order valence-electron chi connectivity index (χ1n) is 8.43. The highest BCUT2D eigenvalue weighted by molar-refractivity contribution is 7.92. The largest absolute Gasteiger partial charge is 0.487 e. The molecular weight excluding hydrogens is 360 g/mol. The number of aliphatic hydroxyl groups is 1. The van der Waals surface area contributed by atoms with Gasteiger partial charge in [0.25, 0.3) is 0 Å². The van der Waals surface area contributed by atoms with Crippen LogP contribution in [0.3, 0.4) is 0 Å². The van der Waals surface area contributed by atoms with Gasteiger partial charge in [0.2, 0.25) is 15.9 Å². The second-order valence-electron chi connectivity index (χ2n) is 7.02. The Labute approximate surface area is 153 Å². The lowest BCUT2D eigenvalue weighted by Gasteiger charge is -2.37. The van der Waals surface area contributed by atoms with E-state index >= 15 is 0 Å². The summed E-state index contributed by atoms with van der Waals surface area (Å²) in [6.45, 7) is -0.212. The molecule has 1 aromatic rings. The average molecular weight is 384 g/mol. The monoisotopic (exact) mass is 384 g/mol. The summed E-state index contributed by atoms with van der Waals surface area (Å²) >= 11 is 0. The van der Waals surface area contributed by atoms with E-state index in [9.17, 15) is 18.3 Å². The van der Waals surface area contributed by atoms with Gasteiger partial charge in [-0.25, -0.2) is 8.42 Å². The fourth-order valence-corrected chi connectivity index (χ4v) is 4.10. The maximum atomic E-state index is 12.0. The van der Waals surface area contributed by atoms with Crippen LogP contribution in [0.15, 0.2) is 18.2 Å². The number of sulfonamides is 1. The molecule has 0 saturated carbocycles. The van der Waals surface area contributed by atoms with E-state index < -0.39 is 16.1 Å². The SMILES string of the molecule is CN(C)C(=O)C[C@H]1C[C@@H]2c3cc(NS(C)(=O)=O)ccc3O[C@@H]2[C@@H](CO)O1. The van der Waals surface area contributed by atoms with Crippen molar-refractivity contribution in [1.82, 2.24) is 4.90 Å². The summed E-state index contributed by atoms with van der Waals surface area (Å²) in [7, 11) is -0.00303. The van der Waals surface area contributed by atoms with Crippen molar-refractivity contribution >= 4 is 21.6 Å². The van der Waals surface area contributed by atoms with Gasteiger partial charge in [-0.1, -0.05) is 0 Å². The van der Waals surface area contributed by atoms with Crippen molar-refractivity contribution in [3.8, 4) is 5.75 Å². The van der Waals surface area contributed by atoms with Crippen molar-refractivity contribution in [2.24, 2.45) is 0 Å². The summed E-state index contributed by atoms with van der Waals surface area (Å²) < 4.78 is 37.2. The number of hydrogen-bond acceptors (Lipinski definition) is 6. The molecule has 0 radical (unpaired) electrons. The van der Waals surface area contributed by atoms with Crippen molar-refractivity contribution in [2.45, 2.75) is 37.1 Å². The number of nitrogens with one attached hydrogen (secondary N) is 1. The molecule has 1 saturated heterocycles. The van der Waals surface area contributed by atoms with Crippen molar-refractivity contribution in [2.75, 3.05) is 31.7 Å².